The minimum atomic E-state index is -0.441. The van der Waals surface area contributed by atoms with Gasteiger partial charge in [-0.2, -0.15) is 0 Å². The minimum Gasteiger partial charge on any atom is -0.459 e. The number of aromatic nitrogens is 2. The van der Waals surface area contributed by atoms with Gasteiger partial charge in [0.05, 0.1) is 11.7 Å². The van der Waals surface area contributed by atoms with Crippen LogP contribution in [0.5, 0.6) is 0 Å². The van der Waals surface area contributed by atoms with Crippen LogP contribution in [0.3, 0.4) is 0 Å². The van der Waals surface area contributed by atoms with Crippen molar-refractivity contribution in [3.8, 4) is 0 Å². The number of H-pyrrole nitrogens is 1. The van der Waals surface area contributed by atoms with Crippen LogP contribution in [0, 0.1) is 20.8 Å². The molecular weight excluding hydrogens is 334 g/mol. The van der Waals surface area contributed by atoms with Gasteiger partial charge in [-0.3, -0.25) is 4.79 Å². The van der Waals surface area contributed by atoms with Gasteiger partial charge in [-0.05, 0) is 45.4 Å². The molecule has 0 aliphatic rings. The van der Waals surface area contributed by atoms with Gasteiger partial charge >= 0.3 is 5.97 Å². The molecule has 0 saturated carbocycles. The lowest BCUT2D eigenvalue weighted by molar-refractivity contribution is 0.0376. The van der Waals surface area contributed by atoms with Crippen molar-refractivity contribution in [3.63, 3.8) is 0 Å². The first kappa shape index (κ1) is 17.7. The third-order valence-electron chi connectivity index (χ3n) is 3.96. The predicted molar refractivity (Wildman–Crippen MR) is 97.5 cm³/mol. The van der Waals surface area contributed by atoms with E-state index >= 15 is 0 Å². The molecule has 0 fully saturated rings. The third kappa shape index (κ3) is 3.33. The molecule has 0 atom stereocenters. The number of fused-ring (bicyclic) bond motifs is 1. The number of anilines is 1. The Kier molecular flexibility index (Phi) is 4.54. The summed E-state index contributed by atoms with van der Waals surface area (Å²) in [7, 11) is 0. The van der Waals surface area contributed by atoms with Gasteiger partial charge in [0, 0.05) is 24.4 Å². The standard InChI is InChI=1S/C19H21N3O4/c1-9(2)25-19(24)16-10(3)17(20-11(16)4)18(23)22-13-6-7-14-15(8-13)26-12(5)21-14/h6-9,20H,1-5H3,(H,22,23). The number of hydrogen-bond acceptors (Lipinski definition) is 5. The molecule has 0 radical (unpaired) electrons. The molecule has 26 heavy (non-hydrogen) atoms. The first-order valence-corrected chi connectivity index (χ1v) is 8.35. The van der Waals surface area contributed by atoms with Crippen molar-refractivity contribution < 1.29 is 18.7 Å². The number of ether oxygens (including phenoxy) is 1. The summed E-state index contributed by atoms with van der Waals surface area (Å²) in [6.07, 6.45) is -0.231. The zero-order valence-electron chi connectivity index (χ0n) is 15.4. The molecule has 0 bridgehead atoms. The maximum Gasteiger partial charge on any atom is 0.340 e. The molecule has 0 unspecified atom stereocenters. The van der Waals surface area contributed by atoms with Crippen LogP contribution in [0.15, 0.2) is 22.6 Å². The number of rotatable bonds is 4. The van der Waals surface area contributed by atoms with E-state index in [1.807, 2.05) is 0 Å². The maximum absolute atomic E-state index is 12.6. The second-order valence-electron chi connectivity index (χ2n) is 6.45. The highest BCUT2D eigenvalue weighted by Gasteiger charge is 2.23. The van der Waals surface area contributed by atoms with Crippen LogP contribution in [0.2, 0.25) is 0 Å². The number of amides is 1. The molecular formula is C19H21N3O4. The van der Waals surface area contributed by atoms with Gasteiger partial charge in [0.15, 0.2) is 11.5 Å². The topological polar surface area (TPSA) is 97.2 Å². The zero-order chi connectivity index (χ0) is 19.0. The molecule has 7 heteroatoms. The number of nitrogens with zero attached hydrogens (tertiary/aromatic N) is 1. The molecule has 2 heterocycles. The molecule has 0 spiro atoms. The van der Waals surface area contributed by atoms with Crippen LogP contribution in [0.25, 0.3) is 11.1 Å². The number of carbonyl (C=O) groups is 2. The summed E-state index contributed by atoms with van der Waals surface area (Å²) in [5.74, 6) is -0.221. The Labute approximate surface area is 150 Å². The van der Waals surface area contributed by atoms with Crippen LogP contribution in [-0.4, -0.2) is 27.9 Å². The van der Waals surface area contributed by atoms with Crippen molar-refractivity contribution in [1.82, 2.24) is 9.97 Å². The fraction of sp³-hybridized carbons (Fsp3) is 0.316. The van der Waals surface area contributed by atoms with Crippen molar-refractivity contribution in [2.75, 3.05) is 5.32 Å². The lowest BCUT2D eigenvalue weighted by Crippen LogP contribution is -2.15. The summed E-state index contributed by atoms with van der Waals surface area (Å²) in [5, 5.41) is 2.81. The quantitative estimate of drug-likeness (QED) is 0.692. The normalized spacial score (nSPS) is 11.2. The Morgan fingerprint density at radius 2 is 1.96 bits per heavy atom. The average Bonchev–Trinajstić information content (AvgIpc) is 3.04. The van der Waals surface area contributed by atoms with E-state index in [2.05, 4.69) is 15.3 Å². The first-order valence-electron chi connectivity index (χ1n) is 8.35. The van der Waals surface area contributed by atoms with E-state index < -0.39 is 5.97 Å². The molecule has 3 aromatic rings. The molecule has 2 aromatic heterocycles. The largest absolute Gasteiger partial charge is 0.459 e. The molecule has 1 aromatic carbocycles. The summed E-state index contributed by atoms with van der Waals surface area (Å²) >= 11 is 0. The fourth-order valence-corrected chi connectivity index (χ4v) is 2.87. The van der Waals surface area contributed by atoms with Crippen molar-refractivity contribution in [1.29, 1.82) is 0 Å². The van der Waals surface area contributed by atoms with Gasteiger partial charge in [-0.15, -0.1) is 0 Å². The average molecular weight is 355 g/mol. The van der Waals surface area contributed by atoms with Crippen molar-refractivity contribution in [2.45, 2.75) is 40.7 Å². The zero-order valence-corrected chi connectivity index (χ0v) is 15.4. The molecule has 7 nitrogen and oxygen atoms in total. The van der Waals surface area contributed by atoms with Crippen molar-refractivity contribution >= 4 is 28.7 Å². The van der Waals surface area contributed by atoms with Gasteiger partial charge in [0.1, 0.15) is 11.2 Å². The number of nitrogens with one attached hydrogen (secondary N) is 2. The van der Waals surface area contributed by atoms with E-state index in [4.69, 9.17) is 9.15 Å². The monoisotopic (exact) mass is 355 g/mol. The van der Waals surface area contributed by atoms with Crippen LogP contribution >= 0.6 is 0 Å². The number of oxazole rings is 1. The van der Waals surface area contributed by atoms with Crippen molar-refractivity contribution in [3.05, 3.63) is 46.6 Å². The third-order valence-corrected chi connectivity index (χ3v) is 3.96. The highest BCUT2D eigenvalue weighted by Crippen LogP contribution is 2.23. The SMILES string of the molecule is Cc1nc2ccc(NC(=O)c3[nH]c(C)c(C(=O)OC(C)C)c3C)cc2o1. The Hall–Kier alpha value is -3.09. The van der Waals surface area contributed by atoms with Crippen LogP contribution in [0.1, 0.15) is 51.8 Å². The van der Waals surface area contributed by atoms with Gasteiger partial charge < -0.3 is 19.5 Å². The number of benzene rings is 1. The summed E-state index contributed by atoms with van der Waals surface area (Å²) in [5.41, 5.74) is 3.78. The number of hydrogen-bond donors (Lipinski definition) is 2. The lowest BCUT2D eigenvalue weighted by atomic mass is 10.1. The Morgan fingerprint density at radius 3 is 2.65 bits per heavy atom. The summed E-state index contributed by atoms with van der Waals surface area (Å²) in [6.45, 7) is 8.79. The van der Waals surface area contributed by atoms with Crippen molar-refractivity contribution in [2.24, 2.45) is 0 Å². The smallest absolute Gasteiger partial charge is 0.340 e. The van der Waals surface area contributed by atoms with E-state index in [0.29, 0.717) is 39.7 Å². The van der Waals surface area contributed by atoms with E-state index in [1.54, 1.807) is 52.8 Å². The summed E-state index contributed by atoms with van der Waals surface area (Å²) in [4.78, 5) is 32.1. The summed E-state index contributed by atoms with van der Waals surface area (Å²) < 4.78 is 10.7. The number of carbonyl (C=O) groups excluding carboxylic acids is 2. The van der Waals surface area contributed by atoms with E-state index in [1.165, 1.54) is 0 Å². The van der Waals surface area contributed by atoms with E-state index in [9.17, 15) is 9.59 Å². The molecule has 0 aliphatic heterocycles. The Morgan fingerprint density at radius 1 is 1.23 bits per heavy atom. The number of aromatic amines is 1. The fourth-order valence-electron chi connectivity index (χ4n) is 2.87. The maximum atomic E-state index is 12.6. The molecule has 2 N–H and O–H groups in total. The predicted octanol–water partition coefficient (Wildman–Crippen LogP) is 3.90. The summed E-state index contributed by atoms with van der Waals surface area (Å²) in [6, 6.07) is 5.24. The van der Waals surface area contributed by atoms with Gasteiger partial charge in [0.25, 0.3) is 5.91 Å². The second kappa shape index (κ2) is 6.67. The molecule has 0 aliphatic carbocycles. The molecule has 1 amide bonds. The lowest BCUT2D eigenvalue weighted by Gasteiger charge is -2.08. The second-order valence-corrected chi connectivity index (χ2v) is 6.45. The van der Waals surface area contributed by atoms with Gasteiger partial charge in [-0.25, -0.2) is 9.78 Å². The highest BCUT2D eigenvalue weighted by atomic mass is 16.5. The van der Waals surface area contributed by atoms with E-state index in [-0.39, 0.29) is 12.0 Å². The Bertz CT molecular complexity index is 998. The number of esters is 1. The first-order chi connectivity index (χ1) is 12.3. The molecule has 0 saturated heterocycles. The highest BCUT2D eigenvalue weighted by molar-refractivity contribution is 6.07. The molecule has 136 valence electrons. The van der Waals surface area contributed by atoms with Crippen LogP contribution in [-0.2, 0) is 4.74 Å². The minimum absolute atomic E-state index is 0.231. The van der Waals surface area contributed by atoms with Crippen LogP contribution < -0.4 is 5.32 Å². The Balaban J connectivity index is 1.86. The van der Waals surface area contributed by atoms with Crippen LogP contribution in [0.4, 0.5) is 5.69 Å². The number of aryl methyl sites for hydroxylation is 2. The van der Waals surface area contributed by atoms with Gasteiger partial charge in [0.2, 0.25) is 0 Å². The van der Waals surface area contributed by atoms with Gasteiger partial charge in [-0.1, -0.05) is 0 Å². The van der Waals surface area contributed by atoms with E-state index in [0.717, 1.165) is 5.52 Å². The molecule has 3 rings (SSSR count).